The van der Waals surface area contributed by atoms with Crippen LogP contribution in [-0.4, -0.2) is 54.7 Å². The van der Waals surface area contributed by atoms with Gasteiger partial charge in [0.1, 0.15) is 11.8 Å². The van der Waals surface area contributed by atoms with Crippen LogP contribution in [0.2, 0.25) is 5.02 Å². The Bertz CT molecular complexity index is 708. The first-order chi connectivity index (χ1) is 12.7. The number of aliphatic carboxylic acids is 2. The molecule has 27 heavy (non-hydrogen) atoms. The van der Waals surface area contributed by atoms with Gasteiger partial charge in [-0.3, -0.25) is 9.69 Å². The largest absolute Gasteiger partial charge is 0.539 e. The Balaban J connectivity index is 0.000000380. The van der Waals surface area contributed by atoms with Gasteiger partial charge in [-0.05, 0) is 32.0 Å². The zero-order valence-corrected chi connectivity index (χ0v) is 16.0. The van der Waals surface area contributed by atoms with Crippen LogP contribution in [0.1, 0.15) is 26.7 Å². The van der Waals surface area contributed by atoms with Crippen molar-refractivity contribution in [2.24, 2.45) is 0 Å². The third-order valence-corrected chi connectivity index (χ3v) is 4.94. The van der Waals surface area contributed by atoms with Crippen LogP contribution in [0.15, 0.2) is 18.2 Å². The maximum atomic E-state index is 12.5. The average molecular weight is 399 g/mol. The Kier molecular flexibility index (Phi) is 7.04. The molecule has 1 amide bonds. The highest BCUT2D eigenvalue weighted by molar-refractivity contribution is 6.31. The van der Waals surface area contributed by atoms with Gasteiger partial charge in [-0.1, -0.05) is 11.6 Å². The topological polar surface area (TPSA) is 111 Å². The van der Waals surface area contributed by atoms with E-state index >= 15 is 0 Å². The number of hydrogen-bond donors (Lipinski definition) is 2. The van der Waals surface area contributed by atoms with Crippen LogP contribution in [-0.2, 0) is 14.4 Å². The van der Waals surface area contributed by atoms with E-state index in [0.29, 0.717) is 11.1 Å². The van der Waals surface area contributed by atoms with Crippen LogP contribution in [0.4, 0.5) is 5.69 Å². The minimum absolute atomic E-state index is 0.0233. The summed E-state index contributed by atoms with van der Waals surface area (Å²) in [7, 11) is 0. The molecule has 2 aliphatic rings. The Labute approximate surface area is 162 Å². The van der Waals surface area contributed by atoms with Crippen molar-refractivity contribution in [1.82, 2.24) is 0 Å². The molecular formula is C18H23ClN2O6. The van der Waals surface area contributed by atoms with Crippen LogP contribution in [0.3, 0.4) is 0 Å². The maximum absolute atomic E-state index is 12.5. The number of fused-ring (bicyclic) bond motifs is 1. The maximum Gasteiger partial charge on any atom is 0.351 e. The third-order valence-electron chi connectivity index (χ3n) is 4.70. The van der Waals surface area contributed by atoms with E-state index in [1.165, 1.54) is 25.9 Å². The zero-order valence-electron chi connectivity index (χ0n) is 15.2. The van der Waals surface area contributed by atoms with Crippen molar-refractivity contribution in [1.29, 1.82) is 0 Å². The fourth-order valence-corrected chi connectivity index (χ4v) is 3.46. The first kappa shape index (κ1) is 21.0. The lowest BCUT2D eigenvalue weighted by molar-refractivity contribution is -0.909. The predicted molar refractivity (Wildman–Crippen MR) is 95.9 cm³/mol. The van der Waals surface area contributed by atoms with E-state index < -0.39 is 18.0 Å². The Morgan fingerprint density at radius 1 is 1.41 bits per heavy atom. The summed E-state index contributed by atoms with van der Waals surface area (Å²) in [5.74, 6) is -3.24. The molecule has 148 valence electrons. The van der Waals surface area contributed by atoms with Gasteiger partial charge < -0.3 is 24.6 Å². The molecule has 2 unspecified atom stereocenters. The number of carbonyl (C=O) groups is 3. The summed E-state index contributed by atoms with van der Waals surface area (Å²) in [5.41, 5.74) is 0.802. The van der Waals surface area contributed by atoms with Gasteiger partial charge in [-0.2, -0.15) is 0 Å². The van der Waals surface area contributed by atoms with E-state index in [1.807, 2.05) is 17.0 Å². The van der Waals surface area contributed by atoms with Gasteiger partial charge in [0.15, 0.2) is 12.1 Å². The van der Waals surface area contributed by atoms with Crippen molar-refractivity contribution < 1.29 is 34.2 Å². The number of hydrogen-bond acceptors (Lipinski definition) is 5. The highest BCUT2D eigenvalue weighted by atomic mass is 35.5. The second-order valence-electron chi connectivity index (χ2n) is 6.68. The zero-order chi connectivity index (χ0) is 20.1. The first-order valence-corrected chi connectivity index (χ1v) is 9.15. The summed E-state index contributed by atoms with van der Waals surface area (Å²) in [6.07, 6.45) is 2.14. The molecule has 0 aliphatic carbocycles. The molecule has 8 nitrogen and oxygen atoms in total. The lowest BCUT2D eigenvalue weighted by Gasteiger charge is -2.35. The fourth-order valence-electron chi connectivity index (χ4n) is 3.29. The average Bonchev–Trinajstić information content (AvgIpc) is 3.14. The highest BCUT2D eigenvalue weighted by Crippen LogP contribution is 2.36. The van der Waals surface area contributed by atoms with Crippen LogP contribution < -0.4 is 19.6 Å². The molecule has 9 heteroatoms. The van der Waals surface area contributed by atoms with Gasteiger partial charge >= 0.3 is 5.97 Å². The molecule has 0 aromatic heterocycles. The van der Waals surface area contributed by atoms with E-state index in [0.717, 1.165) is 18.0 Å². The minimum Gasteiger partial charge on any atom is -0.539 e. The van der Waals surface area contributed by atoms with Crippen LogP contribution in [0.25, 0.3) is 0 Å². The molecule has 1 saturated heterocycles. The molecule has 2 heterocycles. The SMILES string of the molecule is CC1Oc2ccc(Cl)cc2N(CC(C)[NH+]2CCCC2)C1=O.O=C([O-])C(=O)O. The third kappa shape index (κ3) is 5.33. The van der Waals surface area contributed by atoms with E-state index in [4.69, 9.17) is 36.1 Å². The van der Waals surface area contributed by atoms with Crippen molar-refractivity contribution in [2.75, 3.05) is 24.5 Å². The molecule has 2 N–H and O–H groups in total. The molecular weight excluding hydrogens is 376 g/mol. The number of nitrogens with one attached hydrogen (secondary N) is 1. The molecule has 1 aromatic rings. The van der Waals surface area contributed by atoms with Crippen molar-refractivity contribution in [3.63, 3.8) is 0 Å². The lowest BCUT2D eigenvalue weighted by atomic mass is 10.1. The Morgan fingerprint density at radius 3 is 2.56 bits per heavy atom. The second-order valence-corrected chi connectivity index (χ2v) is 7.12. The molecule has 0 bridgehead atoms. The van der Waals surface area contributed by atoms with Crippen molar-refractivity contribution >= 4 is 35.1 Å². The molecule has 0 spiro atoms. The minimum atomic E-state index is -2.07. The number of likely N-dealkylation sites (tertiary alicyclic amines) is 1. The fraction of sp³-hybridized carbons (Fsp3) is 0.500. The highest BCUT2D eigenvalue weighted by Gasteiger charge is 2.34. The molecule has 3 rings (SSSR count). The number of benzene rings is 1. The number of amides is 1. The molecule has 2 atom stereocenters. The summed E-state index contributed by atoms with van der Waals surface area (Å²) in [6.45, 7) is 7.16. The van der Waals surface area contributed by atoms with Crippen molar-refractivity contribution in [3.05, 3.63) is 23.2 Å². The van der Waals surface area contributed by atoms with Gasteiger partial charge in [0.2, 0.25) is 0 Å². The van der Waals surface area contributed by atoms with Gasteiger partial charge in [0.25, 0.3) is 5.91 Å². The summed E-state index contributed by atoms with van der Waals surface area (Å²) < 4.78 is 5.68. The number of nitrogens with zero attached hydrogens (tertiary/aromatic N) is 1. The van der Waals surface area contributed by atoms with Crippen LogP contribution in [0, 0.1) is 0 Å². The number of ether oxygens (including phenoxy) is 1. The molecule has 1 fully saturated rings. The van der Waals surface area contributed by atoms with Crippen LogP contribution >= 0.6 is 11.6 Å². The van der Waals surface area contributed by atoms with Gasteiger partial charge in [-0.15, -0.1) is 0 Å². The quantitative estimate of drug-likeness (QED) is 0.654. The Morgan fingerprint density at radius 2 is 2.00 bits per heavy atom. The van der Waals surface area contributed by atoms with E-state index in [9.17, 15) is 4.79 Å². The second kappa shape index (κ2) is 9.05. The molecule has 2 aliphatic heterocycles. The number of halogens is 1. The number of carboxylic acid groups (broad SMARTS) is 2. The first-order valence-electron chi connectivity index (χ1n) is 8.77. The number of carbonyl (C=O) groups excluding carboxylic acids is 2. The van der Waals surface area contributed by atoms with Crippen LogP contribution in [0.5, 0.6) is 5.75 Å². The van der Waals surface area contributed by atoms with Gasteiger partial charge in [0, 0.05) is 17.9 Å². The summed E-state index contributed by atoms with van der Waals surface area (Å²) >= 11 is 6.09. The van der Waals surface area contributed by atoms with Crippen molar-refractivity contribution in [3.8, 4) is 5.75 Å². The summed E-state index contributed by atoms with van der Waals surface area (Å²) in [5, 5.41) is 16.9. The summed E-state index contributed by atoms with van der Waals surface area (Å²) in [6, 6.07) is 5.90. The number of anilines is 1. The summed E-state index contributed by atoms with van der Waals surface area (Å²) in [4.78, 5) is 34.0. The number of carboxylic acids is 2. The normalized spacial score (nSPS) is 20.2. The van der Waals surface area contributed by atoms with E-state index in [1.54, 1.807) is 17.9 Å². The Hall–Kier alpha value is -2.32. The van der Waals surface area contributed by atoms with E-state index in [-0.39, 0.29) is 5.91 Å². The van der Waals surface area contributed by atoms with E-state index in [2.05, 4.69) is 6.92 Å². The standard InChI is InChI=1S/C16H21ClN2O2.C2H2O4/c1-11(18-7-3-4-8-18)10-19-14-9-13(17)5-6-15(14)21-12(2)16(19)20;3-1(4)2(5)6/h5-6,9,11-12H,3-4,7-8,10H2,1-2H3;(H,3,4)(H,5,6). The molecule has 0 radical (unpaired) electrons. The molecule has 1 aromatic carbocycles. The van der Waals surface area contributed by atoms with Gasteiger partial charge in [-0.25, -0.2) is 4.79 Å². The smallest absolute Gasteiger partial charge is 0.351 e. The van der Waals surface area contributed by atoms with Gasteiger partial charge in [0.05, 0.1) is 25.3 Å². The molecule has 0 saturated carbocycles. The predicted octanol–water partition coefficient (Wildman–Crippen LogP) is -0.658. The number of rotatable bonds is 3. The lowest BCUT2D eigenvalue weighted by Crippen LogP contribution is -3.14. The number of quaternary nitrogens is 1. The monoisotopic (exact) mass is 398 g/mol. The van der Waals surface area contributed by atoms with Crippen molar-refractivity contribution in [2.45, 2.75) is 38.8 Å².